The van der Waals surface area contributed by atoms with Gasteiger partial charge in [-0.1, -0.05) is 32.6 Å². The van der Waals surface area contributed by atoms with Crippen LogP contribution in [-0.4, -0.2) is 5.05 Å². The molecular formula is C11H18OS. The highest BCUT2D eigenvalue weighted by Gasteiger charge is 2.09. The van der Waals surface area contributed by atoms with Gasteiger partial charge in [0.15, 0.2) is 5.05 Å². The molecular weight excluding hydrogens is 180 g/mol. The molecule has 1 aliphatic rings. The summed E-state index contributed by atoms with van der Waals surface area (Å²) in [6.07, 6.45) is 10.6. The molecule has 0 bridgehead atoms. The standard InChI is InChI=1S/C11H18OS/c1-2-3-4-5-6-7-10-8-9-11(13)12-10/h8H,2-7,9H2,1H3. The summed E-state index contributed by atoms with van der Waals surface area (Å²) in [7, 11) is 0. The summed E-state index contributed by atoms with van der Waals surface area (Å²) >= 11 is 4.94. The van der Waals surface area contributed by atoms with E-state index in [2.05, 4.69) is 13.0 Å². The van der Waals surface area contributed by atoms with Gasteiger partial charge in [-0.3, -0.25) is 0 Å². The molecule has 0 aromatic rings. The third-order valence-electron chi connectivity index (χ3n) is 2.27. The van der Waals surface area contributed by atoms with Crippen molar-refractivity contribution in [2.45, 2.75) is 51.9 Å². The summed E-state index contributed by atoms with van der Waals surface area (Å²) in [6.45, 7) is 2.24. The number of thiocarbonyl (C=S) groups is 1. The minimum absolute atomic E-state index is 0.739. The first-order valence-electron chi connectivity index (χ1n) is 5.22. The molecule has 0 atom stereocenters. The van der Waals surface area contributed by atoms with Crippen LogP contribution in [0.15, 0.2) is 11.8 Å². The van der Waals surface area contributed by atoms with Crippen molar-refractivity contribution in [1.82, 2.24) is 0 Å². The molecule has 0 aromatic carbocycles. The van der Waals surface area contributed by atoms with Gasteiger partial charge in [0, 0.05) is 12.8 Å². The van der Waals surface area contributed by atoms with Crippen molar-refractivity contribution in [3.63, 3.8) is 0 Å². The first-order chi connectivity index (χ1) is 6.33. The van der Waals surface area contributed by atoms with E-state index >= 15 is 0 Å². The van der Waals surface area contributed by atoms with E-state index in [-0.39, 0.29) is 0 Å². The average molecular weight is 198 g/mol. The number of allylic oxidation sites excluding steroid dienone is 1. The molecule has 13 heavy (non-hydrogen) atoms. The molecule has 0 unspecified atom stereocenters. The first-order valence-corrected chi connectivity index (χ1v) is 5.63. The van der Waals surface area contributed by atoms with Crippen LogP contribution in [0.2, 0.25) is 0 Å². The molecule has 0 aliphatic carbocycles. The highest BCUT2D eigenvalue weighted by atomic mass is 32.1. The topological polar surface area (TPSA) is 9.23 Å². The molecule has 0 fully saturated rings. The van der Waals surface area contributed by atoms with Crippen LogP contribution in [-0.2, 0) is 4.74 Å². The molecule has 1 rings (SSSR count). The van der Waals surface area contributed by atoms with E-state index in [4.69, 9.17) is 17.0 Å². The van der Waals surface area contributed by atoms with Crippen molar-refractivity contribution in [3.8, 4) is 0 Å². The fourth-order valence-electron chi connectivity index (χ4n) is 1.48. The Bertz CT molecular complexity index is 196. The summed E-state index contributed by atoms with van der Waals surface area (Å²) in [5, 5.41) is 0.739. The van der Waals surface area contributed by atoms with Gasteiger partial charge in [-0.05, 0) is 24.7 Å². The average Bonchev–Trinajstić information content (AvgIpc) is 2.51. The second kappa shape index (κ2) is 6.14. The largest absolute Gasteiger partial charge is 0.455 e. The summed E-state index contributed by atoms with van der Waals surface area (Å²) in [4.78, 5) is 0. The van der Waals surface area contributed by atoms with E-state index in [0.717, 1.165) is 23.7 Å². The predicted octanol–water partition coefficient (Wildman–Crippen LogP) is 3.98. The van der Waals surface area contributed by atoms with Crippen LogP contribution in [0.5, 0.6) is 0 Å². The number of hydrogen-bond donors (Lipinski definition) is 0. The number of unbranched alkanes of at least 4 members (excludes halogenated alkanes) is 4. The Kier molecular flexibility index (Phi) is 5.06. The van der Waals surface area contributed by atoms with Gasteiger partial charge in [0.05, 0.1) is 0 Å². The van der Waals surface area contributed by atoms with E-state index in [0.29, 0.717) is 0 Å². The van der Waals surface area contributed by atoms with Crippen molar-refractivity contribution in [2.24, 2.45) is 0 Å². The van der Waals surface area contributed by atoms with E-state index in [1.807, 2.05) is 0 Å². The SMILES string of the molecule is CCCCCCCC1=CCC(=S)O1. The second-order valence-electron chi connectivity index (χ2n) is 3.51. The first kappa shape index (κ1) is 10.7. The van der Waals surface area contributed by atoms with Crippen LogP contribution in [0.1, 0.15) is 51.9 Å². The Morgan fingerprint density at radius 3 is 2.69 bits per heavy atom. The van der Waals surface area contributed by atoms with Gasteiger partial charge in [-0.2, -0.15) is 0 Å². The van der Waals surface area contributed by atoms with Crippen LogP contribution in [0.3, 0.4) is 0 Å². The zero-order valence-corrected chi connectivity index (χ0v) is 9.16. The van der Waals surface area contributed by atoms with Gasteiger partial charge in [-0.15, -0.1) is 0 Å². The fraction of sp³-hybridized carbons (Fsp3) is 0.727. The fourth-order valence-corrected chi connectivity index (χ4v) is 1.67. The molecule has 0 saturated carbocycles. The molecule has 0 amide bonds. The van der Waals surface area contributed by atoms with Crippen molar-refractivity contribution in [2.75, 3.05) is 0 Å². The third kappa shape index (κ3) is 4.41. The summed E-state index contributed by atoms with van der Waals surface area (Å²) in [5.74, 6) is 1.10. The Morgan fingerprint density at radius 2 is 2.08 bits per heavy atom. The zero-order chi connectivity index (χ0) is 9.52. The maximum Gasteiger partial charge on any atom is 0.170 e. The van der Waals surface area contributed by atoms with Gasteiger partial charge in [-0.25, -0.2) is 0 Å². The third-order valence-corrected chi connectivity index (χ3v) is 2.52. The molecule has 0 radical (unpaired) electrons. The molecule has 0 aromatic heterocycles. The predicted molar refractivity (Wildman–Crippen MR) is 59.8 cm³/mol. The van der Waals surface area contributed by atoms with Crippen molar-refractivity contribution < 1.29 is 4.74 Å². The quantitative estimate of drug-likeness (QED) is 0.471. The van der Waals surface area contributed by atoms with Crippen molar-refractivity contribution in [1.29, 1.82) is 0 Å². The smallest absolute Gasteiger partial charge is 0.170 e. The molecule has 1 heterocycles. The highest BCUT2D eigenvalue weighted by molar-refractivity contribution is 7.80. The van der Waals surface area contributed by atoms with E-state index in [9.17, 15) is 0 Å². The van der Waals surface area contributed by atoms with E-state index in [1.165, 1.54) is 32.1 Å². The Morgan fingerprint density at radius 1 is 1.31 bits per heavy atom. The molecule has 0 saturated heterocycles. The lowest BCUT2D eigenvalue weighted by molar-refractivity contribution is 0.405. The summed E-state index contributed by atoms with van der Waals surface area (Å²) in [6, 6.07) is 0. The maximum atomic E-state index is 5.36. The Hall–Kier alpha value is -0.370. The molecule has 1 aliphatic heterocycles. The van der Waals surface area contributed by atoms with Gasteiger partial charge in [0.2, 0.25) is 0 Å². The lowest BCUT2D eigenvalue weighted by Gasteiger charge is -2.02. The minimum Gasteiger partial charge on any atom is -0.455 e. The Balaban J connectivity index is 1.97. The summed E-state index contributed by atoms with van der Waals surface area (Å²) in [5.41, 5.74) is 0. The van der Waals surface area contributed by atoms with Crippen LogP contribution >= 0.6 is 12.2 Å². The maximum absolute atomic E-state index is 5.36. The van der Waals surface area contributed by atoms with Crippen LogP contribution < -0.4 is 0 Å². The second-order valence-corrected chi connectivity index (χ2v) is 3.97. The number of hydrogen-bond acceptors (Lipinski definition) is 2. The Labute approximate surface area is 86.2 Å². The molecule has 0 spiro atoms. The van der Waals surface area contributed by atoms with E-state index in [1.54, 1.807) is 0 Å². The minimum atomic E-state index is 0.739. The molecule has 74 valence electrons. The molecule has 2 heteroatoms. The van der Waals surface area contributed by atoms with Crippen LogP contribution in [0, 0.1) is 0 Å². The lowest BCUT2D eigenvalue weighted by Crippen LogP contribution is -1.91. The normalized spacial score (nSPS) is 15.8. The zero-order valence-electron chi connectivity index (χ0n) is 8.34. The lowest BCUT2D eigenvalue weighted by atomic mass is 10.1. The number of ether oxygens (including phenoxy) is 1. The van der Waals surface area contributed by atoms with Gasteiger partial charge in [0.1, 0.15) is 5.76 Å². The van der Waals surface area contributed by atoms with Gasteiger partial charge < -0.3 is 4.74 Å². The molecule has 0 N–H and O–H groups in total. The van der Waals surface area contributed by atoms with Gasteiger partial charge >= 0.3 is 0 Å². The monoisotopic (exact) mass is 198 g/mol. The highest BCUT2D eigenvalue weighted by Crippen LogP contribution is 2.18. The molecule has 1 nitrogen and oxygen atoms in total. The van der Waals surface area contributed by atoms with Crippen LogP contribution in [0.4, 0.5) is 0 Å². The van der Waals surface area contributed by atoms with Crippen molar-refractivity contribution in [3.05, 3.63) is 11.8 Å². The van der Waals surface area contributed by atoms with Gasteiger partial charge in [0.25, 0.3) is 0 Å². The summed E-state index contributed by atoms with van der Waals surface area (Å²) < 4.78 is 5.36. The number of rotatable bonds is 6. The van der Waals surface area contributed by atoms with Crippen molar-refractivity contribution >= 4 is 17.3 Å². The van der Waals surface area contributed by atoms with E-state index < -0.39 is 0 Å². The van der Waals surface area contributed by atoms with Crippen LogP contribution in [0.25, 0.3) is 0 Å².